The van der Waals surface area contributed by atoms with Crippen molar-refractivity contribution in [3.05, 3.63) is 17.0 Å². The Kier molecular flexibility index (Phi) is 7.42. The molecule has 1 N–H and O–H groups in total. The second-order valence-corrected chi connectivity index (χ2v) is 9.77. The van der Waals surface area contributed by atoms with Crippen molar-refractivity contribution in [2.75, 3.05) is 39.6 Å². The molecule has 0 saturated carbocycles. The number of ether oxygens (including phenoxy) is 1. The summed E-state index contributed by atoms with van der Waals surface area (Å²) in [6, 6.07) is 3.34. The third-order valence-corrected chi connectivity index (χ3v) is 7.40. The van der Waals surface area contributed by atoms with Crippen LogP contribution in [0.2, 0.25) is 0 Å². The SMILES string of the molecule is CCc1ccc(S(=O)(=O)NCCN(CCOC)S(C)(=O)=O)s1. The molecule has 0 aliphatic rings. The maximum Gasteiger partial charge on any atom is 0.250 e. The molecule has 1 aromatic rings. The van der Waals surface area contributed by atoms with E-state index in [9.17, 15) is 16.8 Å². The number of rotatable bonds is 10. The first kappa shape index (κ1) is 19.5. The fourth-order valence-corrected chi connectivity index (χ4v) is 4.90. The van der Waals surface area contributed by atoms with E-state index in [2.05, 4.69) is 4.72 Å². The first-order valence-corrected chi connectivity index (χ1v) is 10.9. The monoisotopic (exact) mass is 370 g/mol. The van der Waals surface area contributed by atoms with Gasteiger partial charge in [-0.1, -0.05) is 6.92 Å². The first-order chi connectivity index (χ1) is 10.2. The van der Waals surface area contributed by atoms with Crippen LogP contribution in [0.1, 0.15) is 11.8 Å². The van der Waals surface area contributed by atoms with Gasteiger partial charge in [-0.2, -0.15) is 4.31 Å². The van der Waals surface area contributed by atoms with Crippen LogP contribution in [0.15, 0.2) is 16.3 Å². The molecule has 0 aliphatic heterocycles. The van der Waals surface area contributed by atoms with Gasteiger partial charge in [0.2, 0.25) is 20.0 Å². The number of hydrogen-bond acceptors (Lipinski definition) is 6. The molecule has 1 heterocycles. The van der Waals surface area contributed by atoms with Gasteiger partial charge < -0.3 is 4.74 Å². The summed E-state index contributed by atoms with van der Waals surface area (Å²) in [4.78, 5) is 0.984. The maximum absolute atomic E-state index is 12.1. The highest BCUT2D eigenvalue weighted by atomic mass is 32.2. The number of thiophene rings is 1. The molecular formula is C12H22N2O5S3. The van der Waals surface area contributed by atoms with Crippen molar-refractivity contribution in [2.24, 2.45) is 0 Å². The van der Waals surface area contributed by atoms with Gasteiger partial charge in [0.25, 0.3) is 0 Å². The summed E-state index contributed by atoms with van der Waals surface area (Å²) in [5.74, 6) is 0. The second kappa shape index (κ2) is 8.37. The highest BCUT2D eigenvalue weighted by molar-refractivity contribution is 7.91. The minimum absolute atomic E-state index is 0.0124. The van der Waals surface area contributed by atoms with E-state index in [1.165, 1.54) is 22.8 Å². The van der Waals surface area contributed by atoms with Crippen LogP contribution in [0.3, 0.4) is 0 Å². The third kappa shape index (κ3) is 5.94. The Balaban J connectivity index is 2.63. The molecule has 0 saturated heterocycles. The Morgan fingerprint density at radius 2 is 1.91 bits per heavy atom. The van der Waals surface area contributed by atoms with E-state index in [0.717, 1.165) is 17.6 Å². The van der Waals surface area contributed by atoms with Crippen LogP contribution < -0.4 is 4.72 Å². The van der Waals surface area contributed by atoms with E-state index in [1.54, 1.807) is 12.1 Å². The van der Waals surface area contributed by atoms with Crippen LogP contribution in [0, 0.1) is 0 Å². The van der Waals surface area contributed by atoms with Crippen molar-refractivity contribution in [1.82, 2.24) is 9.03 Å². The highest BCUT2D eigenvalue weighted by Crippen LogP contribution is 2.21. The molecule has 0 radical (unpaired) electrons. The van der Waals surface area contributed by atoms with E-state index in [4.69, 9.17) is 4.74 Å². The predicted molar refractivity (Wildman–Crippen MR) is 87.2 cm³/mol. The summed E-state index contributed by atoms with van der Waals surface area (Å²) in [5, 5.41) is 0. The van der Waals surface area contributed by atoms with Gasteiger partial charge in [0, 0.05) is 31.6 Å². The molecule has 1 aromatic heterocycles. The minimum atomic E-state index is -3.60. The summed E-state index contributed by atoms with van der Waals surface area (Å²) < 4.78 is 56.1. The number of methoxy groups -OCH3 is 1. The lowest BCUT2D eigenvalue weighted by Crippen LogP contribution is -2.39. The van der Waals surface area contributed by atoms with Gasteiger partial charge in [-0.3, -0.25) is 0 Å². The Bertz CT molecular complexity index is 667. The van der Waals surface area contributed by atoms with Crippen molar-refractivity contribution < 1.29 is 21.6 Å². The van der Waals surface area contributed by atoms with E-state index in [-0.39, 0.29) is 30.5 Å². The van der Waals surface area contributed by atoms with Crippen molar-refractivity contribution >= 4 is 31.4 Å². The predicted octanol–water partition coefficient (Wildman–Crippen LogP) is 0.497. The van der Waals surface area contributed by atoms with Gasteiger partial charge in [0.05, 0.1) is 12.9 Å². The van der Waals surface area contributed by atoms with Crippen LogP contribution in [-0.2, 0) is 31.2 Å². The number of sulfonamides is 2. The summed E-state index contributed by atoms with van der Waals surface area (Å²) in [6.07, 6.45) is 1.86. The van der Waals surface area contributed by atoms with Crippen LogP contribution in [0.5, 0.6) is 0 Å². The molecule has 0 spiro atoms. The Hall–Kier alpha value is -0.520. The molecule has 0 unspecified atom stereocenters. The van der Waals surface area contributed by atoms with E-state index in [0.29, 0.717) is 0 Å². The molecule has 22 heavy (non-hydrogen) atoms. The Morgan fingerprint density at radius 1 is 1.23 bits per heavy atom. The molecule has 7 nitrogen and oxygen atoms in total. The Labute approximate surface area is 136 Å². The first-order valence-electron chi connectivity index (χ1n) is 6.73. The summed E-state index contributed by atoms with van der Waals surface area (Å²) in [7, 11) is -5.52. The minimum Gasteiger partial charge on any atom is -0.383 e. The lowest BCUT2D eigenvalue weighted by molar-refractivity contribution is 0.179. The number of nitrogens with one attached hydrogen (secondary N) is 1. The topological polar surface area (TPSA) is 92.8 Å². The van der Waals surface area contributed by atoms with Gasteiger partial charge in [0.15, 0.2) is 0 Å². The molecule has 0 fully saturated rings. The molecule has 0 amide bonds. The number of hydrogen-bond donors (Lipinski definition) is 1. The zero-order valence-electron chi connectivity index (χ0n) is 12.9. The highest BCUT2D eigenvalue weighted by Gasteiger charge is 2.19. The van der Waals surface area contributed by atoms with Crippen molar-refractivity contribution in [1.29, 1.82) is 0 Å². The molecule has 0 aliphatic carbocycles. The smallest absolute Gasteiger partial charge is 0.250 e. The van der Waals surface area contributed by atoms with E-state index < -0.39 is 20.0 Å². The standard InChI is InChI=1S/C12H22N2O5S3/c1-4-11-5-6-12(20-11)22(17,18)13-7-8-14(9-10-19-2)21(3,15)16/h5-6,13H,4,7-10H2,1-3H3. The molecule has 0 atom stereocenters. The van der Waals surface area contributed by atoms with E-state index in [1.807, 2.05) is 6.92 Å². The summed E-state index contributed by atoms with van der Waals surface area (Å²) in [6.45, 7) is 2.47. The van der Waals surface area contributed by atoms with Crippen molar-refractivity contribution in [3.63, 3.8) is 0 Å². The summed E-state index contributed by atoms with van der Waals surface area (Å²) >= 11 is 1.22. The van der Waals surface area contributed by atoms with Gasteiger partial charge in [-0.15, -0.1) is 11.3 Å². The van der Waals surface area contributed by atoms with Gasteiger partial charge in [0.1, 0.15) is 4.21 Å². The fourth-order valence-electron chi connectivity index (χ4n) is 1.71. The molecule has 1 rings (SSSR count). The normalized spacial score (nSPS) is 12.9. The number of nitrogens with zero attached hydrogens (tertiary/aromatic N) is 1. The third-order valence-electron chi connectivity index (χ3n) is 2.92. The number of aryl methyl sites for hydroxylation is 1. The van der Waals surface area contributed by atoms with Gasteiger partial charge in [-0.05, 0) is 18.6 Å². The molecular weight excluding hydrogens is 348 g/mol. The Morgan fingerprint density at radius 3 is 2.41 bits per heavy atom. The zero-order chi connectivity index (χ0) is 16.8. The van der Waals surface area contributed by atoms with Crippen molar-refractivity contribution in [2.45, 2.75) is 17.6 Å². The van der Waals surface area contributed by atoms with Crippen LogP contribution in [0.4, 0.5) is 0 Å². The largest absolute Gasteiger partial charge is 0.383 e. The lowest BCUT2D eigenvalue weighted by Gasteiger charge is -2.19. The molecule has 128 valence electrons. The van der Waals surface area contributed by atoms with Gasteiger partial charge in [-0.25, -0.2) is 21.6 Å². The maximum atomic E-state index is 12.1. The average molecular weight is 371 g/mol. The molecule has 0 bridgehead atoms. The zero-order valence-corrected chi connectivity index (χ0v) is 15.4. The fraction of sp³-hybridized carbons (Fsp3) is 0.667. The molecule has 10 heteroatoms. The van der Waals surface area contributed by atoms with Crippen LogP contribution in [-0.4, -0.2) is 60.7 Å². The second-order valence-electron chi connectivity index (χ2n) is 4.63. The average Bonchev–Trinajstić information content (AvgIpc) is 2.90. The van der Waals surface area contributed by atoms with Gasteiger partial charge >= 0.3 is 0 Å². The quantitative estimate of drug-likeness (QED) is 0.647. The van der Waals surface area contributed by atoms with Crippen LogP contribution >= 0.6 is 11.3 Å². The molecule has 0 aromatic carbocycles. The van der Waals surface area contributed by atoms with E-state index >= 15 is 0 Å². The summed E-state index contributed by atoms with van der Waals surface area (Å²) in [5.41, 5.74) is 0. The lowest BCUT2D eigenvalue weighted by atomic mass is 10.4. The van der Waals surface area contributed by atoms with Crippen LogP contribution in [0.25, 0.3) is 0 Å². The van der Waals surface area contributed by atoms with Crippen molar-refractivity contribution in [3.8, 4) is 0 Å².